The molecule has 0 saturated heterocycles. The fourth-order valence-corrected chi connectivity index (χ4v) is 3.02. The predicted molar refractivity (Wildman–Crippen MR) is 112 cm³/mol. The van der Waals surface area contributed by atoms with Gasteiger partial charge in [-0.2, -0.15) is 5.06 Å². The molecular formula is C24H20N2O3. The summed E-state index contributed by atoms with van der Waals surface area (Å²) in [6, 6.07) is 27.9. The maximum absolute atomic E-state index is 12.3. The number of anilines is 1. The summed E-state index contributed by atoms with van der Waals surface area (Å²) in [5, 5.41) is 11.9. The maximum atomic E-state index is 12.3. The molecule has 4 aromatic rings. The first kappa shape index (κ1) is 18.7. The molecule has 0 unspecified atom stereocenters. The van der Waals surface area contributed by atoms with Gasteiger partial charge in [-0.3, -0.25) is 10.0 Å². The van der Waals surface area contributed by atoms with Crippen molar-refractivity contribution in [1.82, 2.24) is 4.98 Å². The van der Waals surface area contributed by atoms with E-state index in [2.05, 4.69) is 4.98 Å². The third-order valence-corrected chi connectivity index (χ3v) is 4.56. The van der Waals surface area contributed by atoms with E-state index >= 15 is 0 Å². The summed E-state index contributed by atoms with van der Waals surface area (Å²) in [7, 11) is 0. The molecule has 1 heterocycles. The van der Waals surface area contributed by atoms with Crippen molar-refractivity contribution < 1.29 is 14.7 Å². The molecule has 1 N–H and O–H groups in total. The Labute approximate surface area is 168 Å². The summed E-state index contributed by atoms with van der Waals surface area (Å²) in [6.07, 6.45) is 0.128. The van der Waals surface area contributed by atoms with Crippen LogP contribution in [0.4, 0.5) is 5.69 Å². The van der Waals surface area contributed by atoms with Crippen molar-refractivity contribution in [2.75, 3.05) is 5.06 Å². The van der Waals surface area contributed by atoms with Gasteiger partial charge in [-0.1, -0.05) is 54.6 Å². The SMILES string of the molecule is O=C(Cc1ccccc1)N(O)c1ccc(OCc2ccc3ccccc3n2)cc1. The molecule has 29 heavy (non-hydrogen) atoms. The van der Waals surface area contributed by atoms with E-state index in [9.17, 15) is 10.0 Å². The Hall–Kier alpha value is -3.70. The normalized spacial score (nSPS) is 10.7. The number of aromatic nitrogens is 1. The molecule has 0 spiro atoms. The van der Waals surface area contributed by atoms with Crippen molar-refractivity contribution >= 4 is 22.5 Å². The van der Waals surface area contributed by atoms with Crippen molar-refractivity contribution in [3.8, 4) is 5.75 Å². The van der Waals surface area contributed by atoms with E-state index in [1.807, 2.05) is 66.7 Å². The third-order valence-electron chi connectivity index (χ3n) is 4.56. The molecule has 4 rings (SSSR count). The zero-order chi connectivity index (χ0) is 20.1. The first-order chi connectivity index (χ1) is 14.2. The zero-order valence-corrected chi connectivity index (χ0v) is 15.7. The molecule has 0 fully saturated rings. The van der Waals surface area contributed by atoms with Crippen LogP contribution in [0.3, 0.4) is 0 Å². The summed E-state index contributed by atoms with van der Waals surface area (Å²) in [5.74, 6) is 0.234. The average molecular weight is 384 g/mol. The number of hydroxylamine groups is 1. The highest BCUT2D eigenvalue weighted by Crippen LogP contribution is 2.20. The maximum Gasteiger partial charge on any atom is 0.255 e. The Morgan fingerprint density at radius 1 is 0.862 bits per heavy atom. The minimum absolute atomic E-state index is 0.128. The molecule has 0 saturated carbocycles. The highest BCUT2D eigenvalue weighted by molar-refractivity contribution is 5.92. The Morgan fingerprint density at radius 2 is 1.59 bits per heavy atom. The van der Waals surface area contributed by atoms with E-state index in [-0.39, 0.29) is 6.42 Å². The molecule has 1 amide bonds. The van der Waals surface area contributed by atoms with E-state index in [0.717, 1.165) is 22.2 Å². The van der Waals surface area contributed by atoms with Gasteiger partial charge in [0.1, 0.15) is 12.4 Å². The lowest BCUT2D eigenvalue weighted by molar-refractivity contribution is -0.122. The van der Waals surface area contributed by atoms with Gasteiger partial charge in [0, 0.05) is 5.39 Å². The third kappa shape index (κ3) is 4.59. The number of carbonyl (C=O) groups is 1. The van der Waals surface area contributed by atoms with Crippen LogP contribution in [0, 0.1) is 0 Å². The number of pyridine rings is 1. The molecule has 0 aliphatic heterocycles. The van der Waals surface area contributed by atoms with Crippen LogP contribution >= 0.6 is 0 Å². The van der Waals surface area contributed by atoms with E-state index in [0.29, 0.717) is 23.1 Å². The van der Waals surface area contributed by atoms with Crippen molar-refractivity contribution in [2.24, 2.45) is 0 Å². The van der Waals surface area contributed by atoms with Crippen molar-refractivity contribution in [2.45, 2.75) is 13.0 Å². The van der Waals surface area contributed by atoms with Crippen LogP contribution in [0.25, 0.3) is 10.9 Å². The zero-order valence-electron chi connectivity index (χ0n) is 15.7. The molecule has 1 aromatic heterocycles. The fourth-order valence-electron chi connectivity index (χ4n) is 3.02. The summed E-state index contributed by atoms with van der Waals surface area (Å²) in [6.45, 7) is 0.333. The van der Waals surface area contributed by atoms with Crippen LogP contribution in [0.2, 0.25) is 0 Å². The van der Waals surface area contributed by atoms with Crippen molar-refractivity contribution in [3.05, 3.63) is 102 Å². The minimum atomic E-state index is -0.398. The monoisotopic (exact) mass is 384 g/mol. The van der Waals surface area contributed by atoms with Gasteiger partial charge in [0.15, 0.2) is 0 Å². The second kappa shape index (κ2) is 8.54. The van der Waals surface area contributed by atoms with Gasteiger partial charge in [-0.05, 0) is 42.0 Å². The Balaban J connectivity index is 1.37. The molecule has 5 nitrogen and oxygen atoms in total. The smallest absolute Gasteiger partial charge is 0.255 e. The first-order valence-corrected chi connectivity index (χ1v) is 9.32. The second-order valence-electron chi connectivity index (χ2n) is 6.65. The molecule has 0 aliphatic carbocycles. The van der Waals surface area contributed by atoms with Crippen LogP contribution in [-0.4, -0.2) is 16.1 Å². The molecule has 5 heteroatoms. The number of rotatable bonds is 6. The van der Waals surface area contributed by atoms with E-state index in [1.54, 1.807) is 24.3 Å². The van der Waals surface area contributed by atoms with Gasteiger partial charge >= 0.3 is 0 Å². The summed E-state index contributed by atoms with van der Waals surface area (Å²) >= 11 is 0. The number of amides is 1. The lowest BCUT2D eigenvalue weighted by Crippen LogP contribution is -2.28. The Morgan fingerprint density at radius 3 is 2.38 bits per heavy atom. The number of ether oxygens (including phenoxy) is 1. The number of para-hydroxylation sites is 1. The highest BCUT2D eigenvalue weighted by Gasteiger charge is 2.14. The highest BCUT2D eigenvalue weighted by atomic mass is 16.5. The molecular weight excluding hydrogens is 364 g/mol. The molecule has 0 radical (unpaired) electrons. The molecule has 144 valence electrons. The van der Waals surface area contributed by atoms with Crippen LogP contribution < -0.4 is 9.80 Å². The molecule has 0 aliphatic rings. The largest absolute Gasteiger partial charge is 0.487 e. The number of hydrogen-bond acceptors (Lipinski definition) is 4. The number of fused-ring (bicyclic) bond motifs is 1. The standard InChI is InChI=1S/C24H20N2O3/c27-24(16-18-6-2-1-3-7-18)26(28)21-12-14-22(15-13-21)29-17-20-11-10-19-8-4-5-9-23(19)25-20/h1-15,28H,16-17H2. The minimum Gasteiger partial charge on any atom is -0.487 e. The number of carbonyl (C=O) groups excluding carboxylic acids is 1. The van der Waals surface area contributed by atoms with Crippen LogP contribution in [0.1, 0.15) is 11.3 Å². The fraction of sp³-hybridized carbons (Fsp3) is 0.0833. The molecule has 0 bridgehead atoms. The predicted octanol–water partition coefficient (Wildman–Crippen LogP) is 4.78. The summed E-state index contributed by atoms with van der Waals surface area (Å²) < 4.78 is 5.78. The van der Waals surface area contributed by atoms with E-state index in [1.165, 1.54) is 0 Å². The lowest BCUT2D eigenvalue weighted by Gasteiger charge is -2.15. The summed E-state index contributed by atoms with van der Waals surface area (Å²) in [5.41, 5.74) is 2.99. The van der Waals surface area contributed by atoms with E-state index in [4.69, 9.17) is 4.74 Å². The van der Waals surface area contributed by atoms with Crippen LogP contribution in [0.15, 0.2) is 91.0 Å². The van der Waals surface area contributed by atoms with Gasteiger partial charge in [-0.25, -0.2) is 4.98 Å². The topological polar surface area (TPSA) is 62.7 Å². The van der Waals surface area contributed by atoms with Crippen molar-refractivity contribution in [3.63, 3.8) is 0 Å². The number of nitrogens with zero attached hydrogens (tertiary/aromatic N) is 2. The van der Waals surface area contributed by atoms with E-state index < -0.39 is 5.91 Å². The van der Waals surface area contributed by atoms with Crippen LogP contribution in [0.5, 0.6) is 5.75 Å². The Bertz CT molecular complexity index is 1110. The molecule has 0 atom stereocenters. The molecule has 3 aromatic carbocycles. The lowest BCUT2D eigenvalue weighted by atomic mass is 10.1. The summed E-state index contributed by atoms with van der Waals surface area (Å²) in [4.78, 5) is 16.8. The van der Waals surface area contributed by atoms with Gasteiger partial charge in [0.25, 0.3) is 5.91 Å². The van der Waals surface area contributed by atoms with Crippen LogP contribution in [-0.2, 0) is 17.8 Å². The second-order valence-corrected chi connectivity index (χ2v) is 6.65. The number of benzene rings is 3. The van der Waals surface area contributed by atoms with Gasteiger partial charge in [0.05, 0.1) is 23.3 Å². The first-order valence-electron chi connectivity index (χ1n) is 9.32. The van der Waals surface area contributed by atoms with Gasteiger partial charge < -0.3 is 4.74 Å². The van der Waals surface area contributed by atoms with Gasteiger partial charge in [0.2, 0.25) is 0 Å². The average Bonchev–Trinajstić information content (AvgIpc) is 2.78. The quantitative estimate of drug-likeness (QED) is 0.384. The Kier molecular flexibility index (Phi) is 5.49. The van der Waals surface area contributed by atoms with Gasteiger partial charge in [-0.15, -0.1) is 0 Å². The van der Waals surface area contributed by atoms with Crippen molar-refractivity contribution in [1.29, 1.82) is 0 Å². The number of hydrogen-bond donors (Lipinski definition) is 1.